The van der Waals surface area contributed by atoms with Crippen LogP contribution >= 0.6 is 0 Å². The second kappa shape index (κ2) is 14.6. The highest BCUT2D eigenvalue weighted by molar-refractivity contribution is 5.99. The summed E-state index contributed by atoms with van der Waals surface area (Å²) >= 11 is 0. The van der Waals surface area contributed by atoms with E-state index in [9.17, 15) is 19.5 Å². The number of nitrogens with zero attached hydrogens (tertiary/aromatic N) is 6. The van der Waals surface area contributed by atoms with E-state index in [1.807, 2.05) is 73.9 Å². The molecule has 3 amide bonds. The topological polar surface area (TPSA) is 102 Å². The first kappa shape index (κ1) is 34.8. The van der Waals surface area contributed by atoms with Gasteiger partial charge in [-0.3, -0.25) is 19.4 Å². The number of carbonyl (C=O) groups excluding carboxylic acids is 3. The second-order valence-electron chi connectivity index (χ2n) is 14.1. The van der Waals surface area contributed by atoms with E-state index in [1.165, 1.54) is 0 Å². The first-order chi connectivity index (χ1) is 26.3. The number of benzene rings is 4. The first-order valence-electron chi connectivity index (χ1n) is 18.3. The largest absolute Gasteiger partial charge is 0.508 e. The van der Waals surface area contributed by atoms with Gasteiger partial charge >= 0.3 is 0 Å². The fourth-order valence-corrected chi connectivity index (χ4v) is 8.10. The fraction of sp³-hybridized carbons (Fsp3) is 0.227. The lowest BCUT2D eigenvalue weighted by molar-refractivity contribution is -0.205. The predicted molar refractivity (Wildman–Crippen MR) is 209 cm³/mol. The molecular weight excluding hydrogens is 677 g/mol. The van der Waals surface area contributed by atoms with Gasteiger partial charge < -0.3 is 19.5 Å². The molecule has 0 spiro atoms. The molecule has 0 radical (unpaired) electrons. The van der Waals surface area contributed by atoms with Crippen LogP contribution in [-0.4, -0.2) is 84.0 Å². The Morgan fingerprint density at radius 3 is 2.52 bits per heavy atom. The number of hydrogen-bond donors (Lipinski definition) is 1. The summed E-state index contributed by atoms with van der Waals surface area (Å²) in [4.78, 5) is 51.2. The molecule has 0 unspecified atom stereocenters. The van der Waals surface area contributed by atoms with Gasteiger partial charge in [0.15, 0.2) is 0 Å². The van der Waals surface area contributed by atoms with Gasteiger partial charge in [-0.25, -0.2) is 10.0 Å². The van der Waals surface area contributed by atoms with E-state index in [2.05, 4.69) is 35.5 Å². The molecule has 0 aliphatic carbocycles. The second-order valence-corrected chi connectivity index (χ2v) is 14.1. The number of hydrazine groups is 1. The minimum Gasteiger partial charge on any atom is -0.508 e. The molecule has 2 fully saturated rings. The Balaban J connectivity index is 1.17. The number of aromatic nitrogens is 2. The minimum absolute atomic E-state index is 0.0476. The first-order valence-corrected chi connectivity index (χ1v) is 18.3. The number of hydrogen-bond acceptors (Lipinski definition) is 6. The highest BCUT2D eigenvalue weighted by atomic mass is 16.3. The molecule has 8 rings (SSSR count). The molecule has 2 aliphatic rings. The summed E-state index contributed by atoms with van der Waals surface area (Å²) in [6.45, 7) is 4.59. The number of piperazine rings is 1. The number of phenolic OH excluding ortho intramolecular Hbond substituents is 1. The molecular formula is C44H42N6O4. The Bertz CT molecular complexity index is 2370. The monoisotopic (exact) mass is 718 g/mol. The predicted octanol–water partition coefficient (Wildman–Crippen LogP) is 6.09. The van der Waals surface area contributed by atoms with Crippen molar-refractivity contribution < 1.29 is 19.5 Å². The van der Waals surface area contributed by atoms with Crippen molar-refractivity contribution in [2.45, 2.75) is 38.0 Å². The molecule has 1 N–H and O–H groups in total. The third-order valence-corrected chi connectivity index (χ3v) is 10.6. The summed E-state index contributed by atoms with van der Waals surface area (Å²) in [5, 5.41) is 15.5. The van der Waals surface area contributed by atoms with Crippen LogP contribution in [0.2, 0.25) is 0 Å². The Morgan fingerprint density at radius 2 is 1.72 bits per heavy atom. The van der Waals surface area contributed by atoms with E-state index in [0.29, 0.717) is 13.0 Å². The standard InChI is InChI=1S/C44H42N6O4/c1-3-22-48-29-42(53)49-39(23-31-16-19-35(51)20-17-31)44(54)47(28-40(49)50(48)41(52)21-18-30-10-5-4-6-11-30)26-33-13-9-14-36-37(27-46(2)43(33)36)34-24-32-12-7-8-15-38(32)45-25-34/h3-17,19-20,24-25,27,39-40,51H,1,18,21-23,26,28-29H2,2H3/t39-,40-/m0/s1. The van der Waals surface area contributed by atoms with Crippen molar-refractivity contribution in [1.29, 1.82) is 0 Å². The molecule has 2 aliphatic heterocycles. The molecule has 6 aromatic rings. The summed E-state index contributed by atoms with van der Waals surface area (Å²) in [6, 6.07) is 32.1. The van der Waals surface area contributed by atoms with Crippen LogP contribution in [0.25, 0.3) is 32.9 Å². The molecule has 0 saturated carbocycles. The van der Waals surface area contributed by atoms with Crippen LogP contribution in [-0.2, 0) is 40.8 Å². The zero-order valence-corrected chi connectivity index (χ0v) is 30.2. The molecule has 2 saturated heterocycles. The SMILES string of the molecule is C=CCN1CC(=O)N2[C@@H](Cc3ccc(O)cc3)C(=O)N(Cc3cccc4c(-c5cnc6ccccc6c5)cn(C)c34)C[C@@H]2N1C(=O)CCc1ccccc1. The van der Waals surface area contributed by atoms with E-state index in [-0.39, 0.29) is 55.9 Å². The number of phenols is 1. The van der Waals surface area contributed by atoms with Gasteiger partial charge in [-0.05, 0) is 47.4 Å². The van der Waals surface area contributed by atoms with E-state index in [0.717, 1.165) is 49.6 Å². The van der Waals surface area contributed by atoms with Gasteiger partial charge in [0.1, 0.15) is 18.0 Å². The molecule has 4 aromatic carbocycles. The summed E-state index contributed by atoms with van der Waals surface area (Å²) in [5.41, 5.74) is 6.77. The van der Waals surface area contributed by atoms with Gasteiger partial charge in [0.05, 0.1) is 24.1 Å². The summed E-state index contributed by atoms with van der Waals surface area (Å²) in [6.07, 6.45) is 6.00. The molecule has 4 heterocycles. The van der Waals surface area contributed by atoms with Crippen molar-refractivity contribution >= 4 is 39.5 Å². The number of amides is 3. The van der Waals surface area contributed by atoms with Crippen LogP contribution in [0.15, 0.2) is 128 Å². The molecule has 2 atom stereocenters. The van der Waals surface area contributed by atoms with Crippen LogP contribution in [0.5, 0.6) is 5.75 Å². The maximum Gasteiger partial charge on any atom is 0.246 e. The van der Waals surface area contributed by atoms with Crippen molar-refractivity contribution in [1.82, 2.24) is 29.4 Å². The van der Waals surface area contributed by atoms with E-state index < -0.39 is 12.2 Å². The lowest BCUT2D eigenvalue weighted by Gasteiger charge is -2.55. The number of aryl methyl sites for hydroxylation is 2. The Labute approximate surface area is 314 Å². The van der Waals surface area contributed by atoms with Crippen LogP contribution in [0.1, 0.15) is 23.1 Å². The minimum atomic E-state index is -0.858. The van der Waals surface area contributed by atoms with Crippen LogP contribution < -0.4 is 0 Å². The van der Waals surface area contributed by atoms with Crippen molar-refractivity contribution in [3.8, 4) is 16.9 Å². The highest BCUT2D eigenvalue weighted by Crippen LogP contribution is 2.35. The summed E-state index contributed by atoms with van der Waals surface area (Å²) < 4.78 is 2.10. The third-order valence-electron chi connectivity index (χ3n) is 10.6. The number of carbonyl (C=O) groups is 3. The van der Waals surface area contributed by atoms with Gasteiger partial charge in [0, 0.05) is 67.3 Å². The maximum atomic E-state index is 14.7. The highest BCUT2D eigenvalue weighted by Gasteiger charge is 2.51. The van der Waals surface area contributed by atoms with E-state index in [4.69, 9.17) is 4.98 Å². The van der Waals surface area contributed by atoms with Crippen LogP contribution in [0.4, 0.5) is 0 Å². The molecule has 0 bridgehead atoms. The zero-order chi connectivity index (χ0) is 37.3. The Hall–Kier alpha value is -6.26. The quantitative estimate of drug-likeness (QED) is 0.172. The number of para-hydroxylation sites is 2. The van der Waals surface area contributed by atoms with Gasteiger partial charge in [0.2, 0.25) is 17.7 Å². The van der Waals surface area contributed by atoms with Crippen molar-refractivity contribution in [2.75, 3.05) is 19.6 Å². The Morgan fingerprint density at radius 1 is 0.944 bits per heavy atom. The molecule has 10 heteroatoms. The van der Waals surface area contributed by atoms with E-state index in [1.54, 1.807) is 50.2 Å². The maximum absolute atomic E-state index is 14.7. The number of rotatable bonds is 10. The fourth-order valence-electron chi connectivity index (χ4n) is 8.10. The summed E-state index contributed by atoms with van der Waals surface area (Å²) in [7, 11) is 2.01. The summed E-state index contributed by atoms with van der Waals surface area (Å²) in [5.74, 6) is -0.415. The lowest BCUT2D eigenvalue weighted by atomic mass is 9.97. The van der Waals surface area contributed by atoms with E-state index >= 15 is 0 Å². The molecule has 54 heavy (non-hydrogen) atoms. The number of fused-ring (bicyclic) bond motifs is 3. The van der Waals surface area contributed by atoms with Gasteiger partial charge in [-0.15, -0.1) is 6.58 Å². The smallest absolute Gasteiger partial charge is 0.246 e. The van der Waals surface area contributed by atoms with Gasteiger partial charge in [-0.2, -0.15) is 0 Å². The average Bonchev–Trinajstić information content (AvgIpc) is 3.53. The molecule has 10 nitrogen and oxygen atoms in total. The number of aromatic hydroxyl groups is 1. The van der Waals surface area contributed by atoms with Gasteiger partial charge in [-0.1, -0.05) is 84.9 Å². The van der Waals surface area contributed by atoms with Crippen LogP contribution in [0, 0.1) is 0 Å². The number of pyridine rings is 1. The van der Waals surface area contributed by atoms with Crippen molar-refractivity contribution in [2.24, 2.45) is 7.05 Å². The Kier molecular flexibility index (Phi) is 9.43. The lowest BCUT2D eigenvalue weighted by Crippen LogP contribution is -2.75. The van der Waals surface area contributed by atoms with Crippen LogP contribution in [0.3, 0.4) is 0 Å². The average molecular weight is 719 g/mol. The van der Waals surface area contributed by atoms with Gasteiger partial charge in [0.25, 0.3) is 0 Å². The van der Waals surface area contributed by atoms with Crippen molar-refractivity contribution in [3.63, 3.8) is 0 Å². The molecule has 2 aromatic heterocycles. The zero-order valence-electron chi connectivity index (χ0n) is 30.2. The third kappa shape index (κ3) is 6.60. The normalized spacial score (nSPS) is 17.7. The molecule has 272 valence electrons. The van der Waals surface area contributed by atoms with Crippen molar-refractivity contribution in [3.05, 3.63) is 145 Å².